The van der Waals surface area contributed by atoms with E-state index in [0.29, 0.717) is 10.6 Å². The molecule has 0 spiro atoms. The van der Waals surface area contributed by atoms with E-state index in [1.807, 2.05) is 0 Å². The predicted molar refractivity (Wildman–Crippen MR) is 87.5 cm³/mol. The van der Waals surface area contributed by atoms with E-state index in [0.717, 1.165) is 16.7 Å². The minimum absolute atomic E-state index is 0.106. The van der Waals surface area contributed by atoms with Crippen LogP contribution in [0.1, 0.15) is 6.92 Å². The van der Waals surface area contributed by atoms with Gasteiger partial charge in [-0.05, 0) is 31.2 Å². The fourth-order valence-electron chi connectivity index (χ4n) is 2.63. The molecular weight excluding hydrogens is 354 g/mol. The van der Waals surface area contributed by atoms with Crippen molar-refractivity contribution in [2.75, 3.05) is 6.26 Å². The summed E-state index contributed by atoms with van der Waals surface area (Å²) in [4.78, 5) is 25.4. The number of thioether (sulfide) groups is 1. The van der Waals surface area contributed by atoms with E-state index < -0.39 is 40.1 Å². The Labute approximate surface area is 144 Å². The third-order valence-electron chi connectivity index (χ3n) is 3.83. The number of aliphatic hydroxyl groups is 1. The Morgan fingerprint density at radius 2 is 2.00 bits per heavy atom. The molecule has 1 unspecified atom stereocenters. The lowest BCUT2D eigenvalue weighted by Gasteiger charge is -2.43. The number of hydrogen-bond donors (Lipinski definition) is 2. The molecule has 0 aliphatic carbocycles. The molecule has 2 aliphatic rings. The number of carboxylic acids is 1. The molecule has 4 atom stereocenters. The van der Waals surface area contributed by atoms with Gasteiger partial charge < -0.3 is 14.9 Å². The monoisotopic (exact) mass is 369 g/mol. The van der Waals surface area contributed by atoms with E-state index in [-0.39, 0.29) is 10.8 Å². The zero-order valence-electron chi connectivity index (χ0n) is 12.8. The topological polar surface area (TPSA) is 104 Å². The number of β-lactam (4-membered cyclic amide) rings is 1. The molecule has 3 rings (SSSR count). The number of nitrogens with zero attached hydrogens (tertiary/aromatic N) is 1. The van der Waals surface area contributed by atoms with Crippen LogP contribution in [-0.2, 0) is 20.4 Å². The Hall–Kier alpha value is -1.84. The summed E-state index contributed by atoms with van der Waals surface area (Å²) in [6.07, 6.45) is 0.694. The lowest BCUT2D eigenvalue weighted by molar-refractivity contribution is -0.156. The van der Waals surface area contributed by atoms with Crippen LogP contribution < -0.4 is 4.74 Å². The van der Waals surface area contributed by atoms with Crippen LogP contribution >= 0.6 is 11.8 Å². The van der Waals surface area contributed by atoms with E-state index in [1.165, 1.54) is 6.92 Å². The van der Waals surface area contributed by atoms with Crippen molar-refractivity contribution in [1.29, 1.82) is 0 Å². The Kier molecular flexibility index (Phi) is 4.41. The molecule has 0 radical (unpaired) electrons. The van der Waals surface area contributed by atoms with Crippen molar-refractivity contribution in [2.24, 2.45) is 5.92 Å². The first-order chi connectivity index (χ1) is 11.3. The standard InChI is InChI=1S/C15H15NO6S2/c1-7(17)10-12(18)16-11(14(19)20)15(23-13(10)16)22-8-3-5-9(6-4-8)24(2)21/h3-7,10,13,17H,1-2H3,(H,19,20)/t7-,10+,13-,24?/m1/s1. The van der Waals surface area contributed by atoms with Gasteiger partial charge in [0.2, 0.25) is 5.91 Å². The van der Waals surface area contributed by atoms with Crippen LogP contribution in [0.2, 0.25) is 0 Å². The number of fused-ring (bicyclic) bond motifs is 1. The average Bonchev–Trinajstić information content (AvgIpc) is 2.81. The maximum absolute atomic E-state index is 12.1. The lowest BCUT2D eigenvalue weighted by atomic mass is 9.92. The van der Waals surface area contributed by atoms with Crippen molar-refractivity contribution in [3.05, 3.63) is 35.1 Å². The highest BCUT2D eigenvalue weighted by atomic mass is 32.2. The largest absolute Gasteiger partial charge is 0.476 e. The molecule has 9 heteroatoms. The van der Waals surface area contributed by atoms with Crippen molar-refractivity contribution >= 4 is 34.4 Å². The zero-order valence-corrected chi connectivity index (χ0v) is 14.5. The number of benzene rings is 1. The fraction of sp³-hybridized carbons (Fsp3) is 0.333. The molecule has 1 saturated heterocycles. The lowest BCUT2D eigenvalue weighted by Crippen LogP contribution is -2.60. The number of hydrogen-bond acceptors (Lipinski definition) is 6. The highest BCUT2D eigenvalue weighted by molar-refractivity contribution is 8.03. The first-order valence-corrected chi connectivity index (χ1v) is 9.51. The molecule has 1 aromatic rings. The van der Waals surface area contributed by atoms with E-state index in [2.05, 4.69) is 0 Å². The highest BCUT2D eigenvalue weighted by Crippen LogP contribution is 2.50. The van der Waals surface area contributed by atoms with E-state index in [1.54, 1.807) is 30.5 Å². The van der Waals surface area contributed by atoms with Crippen molar-refractivity contribution in [1.82, 2.24) is 4.90 Å². The minimum atomic E-state index is -1.26. The number of rotatable bonds is 5. The summed E-state index contributed by atoms with van der Waals surface area (Å²) in [5.74, 6) is -1.94. The highest BCUT2D eigenvalue weighted by Gasteiger charge is 2.58. The second kappa shape index (κ2) is 6.23. The molecule has 0 bridgehead atoms. The van der Waals surface area contributed by atoms with Gasteiger partial charge in [0, 0.05) is 22.0 Å². The van der Waals surface area contributed by atoms with E-state index in [9.17, 15) is 24.0 Å². The molecule has 1 amide bonds. The third kappa shape index (κ3) is 2.72. The first-order valence-electron chi connectivity index (χ1n) is 7.08. The number of ether oxygens (including phenoxy) is 1. The van der Waals surface area contributed by atoms with Gasteiger partial charge in [0.25, 0.3) is 0 Å². The number of carbonyl (C=O) groups is 2. The molecule has 2 heterocycles. The van der Waals surface area contributed by atoms with E-state index >= 15 is 0 Å². The molecule has 128 valence electrons. The Morgan fingerprint density at radius 3 is 2.50 bits per heavy atom. The maximum Gasteiger partial charge on any atom is 0.357 e. The summed E-state index contributed by atoms with van der Waals surface area (Å²) in [5, 5.41) is 18.7. The Morgan fingerprint density at radius 1 is 1.38 bits per heavy atom. The Bertz CT molecular complexity index is 758. The molecule has 2 aliphatic heterocycles. The van der Waals surface area contributed by atoms with Crippen molar-refractivity contribution in [3.63, 3.8) is 0 Å². The van der Waals surface area contributed by atoms with Crippen LogP contribution in [0.3, 0.4) is 0 Å². The normalized spacial score (nSPS) is 25.1. The van der Waals surface area contributed by atoms with Crippen molar-refractivity contribution in [3.8, 4) is 5.75 Å². The molecule has 1 fully saturated rings. The first kappa shape index (κ1) is 17.0. The van der Waals surface area contributed by atoms with Crippen molar-refractivity contribution in [2.45, 2.75) is 23.3 Å². The Balaban J connectivity index is 1.86. The number of carbonyl (C=O) groups excluding carboxylic acids is 1. The smallest absolute Gasteiger partial charge is 0.357 e. The maximum atomic E-state index is 12.1. The van der Waals surface area contributed by atoms with Crippen LogP contribution in [0.4, 0.5) is 0 Å². The van der Waals surface area contributed by atoms with Crippen LogP contribution in [0, 0.1) is 5.92 Å². The van der Waals surface area contributed by atoms with Crippen molar-refractivity contribution < 1.29 is 28.7 Å². The molecule has 0 saturated carbocycles. The van der Waals surface area contributed by atoms with Gasteiger partial charge in [-0.3, -0.25) is 13.9 Å². The minimum Gasteiger partial charge on any atom is -0.476 e. The van der Waals surface area contributed by atoms with Gasteiger partial charge in [0.15, 0.2) is 10.8 Å². The fourth-order valence-corrected chi connectivity index (χ4v) is 4.61. The van der Waals surface area contributed by atoms with Crippen LogP contribution in [0.5, 0.6) is 5.75 Å². The summed E-state index contributed by atoms with van der Waals surface area (Å²) in [7, 11) is -1.12. The van der Waals surface area contributed by atoms with Gasteiger partial charge in [0.05, 0.1) is 12.0 Å². The predicted octanol–water partition coefficient (Wildman–Crippen LogP) is 0.969. The summed E-state index contributed by atoms with van der Waals surface area (Å²) in [6, 6.07) is 6.44. The van der Waals surface area contributed by atoms with Gasteiger partial charge in [-0.15, -0.1) is 0 Å². The molecule has 2 N–H and O–H groups in total. The summed E-state index contributed by atoms with van der Waals surface area (Å²) in [6.45, 7) is 1.50. The molecule has 0 aromatic heterocycles. The van der Waals surface area contributed by atoms with E-state index in [4.69, 9.17) is 4.74 Å². The van der Waals surface area contributed by atoms with Gasteiger partial charge in [0.1, 0.15) is 11.1 Å². The average molecular weight is 369 g/mol. The second-order valence-corrected chi connectivity index (χ2v) is 7.92. The number of carboxylic acid groups (broad SMARTS) is 1. The summed E-state index contributed by atoms with van der Waals surface area (Å²) >= 11 is 1.10. The van der Waals surface area contributed by atoms with Gasteiger partial charge >= 0.3 is 5.97 Å². The number of amides is 1. The SMILES string of the molecule is C[C@@H](O)[C@H]1C(=O)N2C(C(=O)O)=C(Oc3ccc(S(C)=O)cc3)S[C@H]12. The summed E-state index contributed by atoms with van der Waals surface area (Å²) in [5.41, 5.74) is -0.213. The molecule has 24 heavy (non-hydrogen) atoms. The van der Waals surface area contributed by atoms with Gasteiger partial charge in [-0.25, -0.2) is 4.79 Å². The van der Waals surface area contributed by atoms with Crippen LogP contribution in [0.25, 0.3) is 0 Å². The quantitative estimate of drug-likeness (QED) is 0.745. The molecule has 7 nitrogen and oxygen atoms in total. The van der Waals surface area contributed by atoms with Gasteiger partial charge in [-0.1, -0.05) is 11.8 Å². The number of aliphatic carboxylic acids is 1. The molecular formula is C15H15NO6S2. The van der Waals surface area contributed by atoms with Crippen LogP contribution in [-0.4, -0.2) is 48.9 Å². The number of aliphatic hydroxyl groups excluding tert-OH is 1. The summed E-state index contributed by atoms with van der Waals surface area (Å²) < 4.78 is 17.0. The van der Waals surface area contributed by atoms with Crippen LogP contribution in [0.15, 0.2) is 39.9 Å². The third-order valence-corrected chi connectivity index (χ3v) is 6.01. The van der Waals surface area contributed by atoms with Gasteiger partial charge in [-0.2, -0.15) is 0 Å². The molecule has 1 aromatic carbocycles. The zero-order chi connectivity index (χ0) is 17.6. The second-order valence-electron chi connectivity index (χ2n) is 5.45.